The van der Waals surface area contributed by atoms with E-state index in [2.05, 4.69) is 10.3 Å². The highest BCUT2D eigenvalue weighted by molar-refractivity contribution is 5.96. The van der Waals surface area contributed by atoms with E-state index in [1.807, 2.05) is 20.8 Å². The summed E-state index contributed by atoms with van der Waals surface area (Å²) in [7, 11) is 0. The molecule has 2 N–H and O–H groups in total. The molecule has 5 heteroatoms. The van der Waals surface area contributed by atoms with E-state index in [4.69, 9.17) is 5.73 Å². The van der Waals surface area contributed by atoms with Gasteiger partial charge in [-0.15, -0.1) is 5.10 Å². The average Bonchev–Trinajstić information content (AvgIpc) is 2.66. The molecule has 1 heterocycles. The second kappa shape index (κ2) is 5.75. The molecule has 0 aliphatic rings. The van der Waals surface area contributed by atoms with E-state index in [9.17, 15) is 4.79 Å². The molecule has 0 saturated carbocycles. The zero-order valence-electron chi connectivity index (χ0n) is 10.2. The Morgan fingerprint density at radius 1 is 1.56 bits per heavy atom. The van der Waals surface area contributed by atoms with E-state index < -0.39 is 0 Å². The van der Waals surface area contributed by atoms with Gasteiger partial charge in [0, 0.05) is 19.0 Å². The van der Waals surface area contributed by atoms with Crippen LogP contribution in [0.5, 0.6) is 0 Å². The molecule has 0 spiro atoms. The molecule has 0 amide bonds. The molecule has 5 nitrogen and oxygen atoms in total. The molecule has 16 heavy (non-hydrogen) atoms. The van der Waals surface area contributed by atoms with Gasteiger partial charge in [-0.2, -0.15) is 0 Å². The minimum atomic E-state index is -0.144. The van der Waals surface area contributed by atoms with Crippen LogP contribution in [0.2, 0.25) is 0 Å². The summed E-state index contributed by atoms with van der Waals surface area (Å²) in [6.45, 7) is 7.13. The van der Waals surface area contributed by atoms with Crippen LogP contribution in [0.4, 0.5) is 0 Å². The predicted molar refractivity (Wildman–Crippen MR) is 62.0 cm³/mol. The van der Waals surface area contributed by atoms with Crippen LogP contribution in [-0.2, 0) is 6.54 Å². The first-order chi connectivity index (χ1) is 7.61. The van der Waals surface area contributed by atoms with Gasteiger partial charge < -0.3 is 5.73 Å². The summed E-state index contributed by atoms with van der Waals surface area (Å²) in [6, 6.07) is 0. The molecule has 1 rings (SSSR count). The lowest BCUT2D eigenvalue weighted by Gasteiger charge is -2.17. The number of nitrogens with two attached hydrogens (primary N) is 1. The zero-order valence-corrected chi connectivity index (χ0v) is 10.2. The summed E-state index contributed by atoms with van der Waals surface area (Å²) in [5.74, 6) is 0.146. The fourth-order valence-corrected chi connectivity index (χ4v) is 1.70. The Morgan fingerprint density at radius 2 is 2.25 bits per heavy atom. The normalized spacial score (nSPS) is 13.1. The number of hydrogen-bond acceptors (Lipinski definition) is 4. The fraction of sp³-hybridized carbons (Fsp3) is 0.727. The highest BCUT2D eigenvalue weighted by atomic mass is 16.1. The lowest BCUT2D eigenvalue weighted by atomic mass is 9.90. The van der Waals surface area contributed by atoms with Gasteiger partial charge in [0.15, 0.2) is 5.78 Å². The molecule has 0 saturated heterocycles. The standard InChI is InChI=1S/C11H20N4O/c1-4-5-15-10(7-13-14-15)11(16)9(6-12)8(2)3/h7-9H,4-6,12H2,1-3H3. The number of hydrogen-bond donors (Lipinski definition) is 1. The van der Waals surface area contributed by atoms with Crippen molar-refractivity contribution in [2.24, 2.45) is 17.6 Å². The van der Waals surface area contributed by atoms with Gasteiger partial charge in [-0.3, -0.25) is 4.79 Å². The van der Waals surface area contributed by atoms with Crippen molar-refractivity contribution in [2.45, 2.75) is 33.7 Å². The van der Waals surface area contributed by atoms with Gasteiger partial charge in [0.05, 0.1) is 6.20 Å². The van der Waals surface area contributed by atoms with Crippen LogP contribution in [0.15, 0.2) is 6.20 Å². The summed E-state index contributed by atoms with van der Waals surface area (Å²) in [4.78, 5) is 12.2. The Hall–Kier alpha value is -1.23. The smallest absolute Gasteiger partial charge is 0.187 e. The van der Waals surface area contributed by atoms with Crippen LogP contribution in [0.3, 0.4) is 0 Å². The third-order valence-electron chi connectivity index (χ3n) is 2.70. The van der Waals surface area contributed by atoms with Crippen molar-refractivity contribution in [1.82, 2.24) is 15.0 Å². The molecule has 0 aliphatic heterocycles. The second-order valence-electron chi connectivity index (χ2n) is 4.29. The van der Waals surface area contributed by atoms with E-state index in [-0.39, 0.29) is 17.6 Å². The van der Waals surface area contributed by atoms with Gasteiger partial charge >= 0.3 is 0 Å². The van der Waals surface area contributed by atoms with Crippen LogP contribution < -0.4 is 5.73 Å². The molecule has 1 aromatic heterocycles. The van der Waals surface area contributed by atoms with Crippen LogP contribution >= 0.6 is 0 Å². The fourth-order valence-electron chi connectivity index (χ4n) is 1.70. The molecule has 90 valence electrons. The summed E-state index contributed by atoms with van der Waals surface area (Å²) in [5.41, 5.74) is 6.21. The third-order valence-corrected chi connectivity index (χ3v) is 2.70. The first-order valence-electron chi connectivity index (χ1n) is 5.74. The van der Waals surface area contributed by atoms with Crippen molar-refractivity contribution < 1.29 is 4.79 Å². The van der Waals surface area contributed by atoms with E-state index in [0.29, 0.717) is 12.2 Å². The predicted octanol–water partition coefficient (Wildman–Crippen LogP) is 1.10. The maximum Gasteiger partial charge on any atom is 0.187 e. The van der Waals surface area contributed by atoms with Crippen molar-refractivity contribution >= 4 is 5.78 Å². The van der Waals surface area contributed by atoms with Crippen LogP contribution in [0, 0.1) is 11.8 Å². The minimum absolute atomic E-state index is 0.0518. The van der Waals surface area contributed by atoms with Crippen LogP contribution in [0.1, 0.15) is 37.7 Å². The minimum Gasteiger partial charge on any atom is -0.330 e. The Kier molecular flexibility index (Phi) is 4.61. The maximum absolute atomic E-state index is 12.2. The summed E-state index contributed by atoms with van der Waals surface area (Å²) >= 11 is 0. The molecular weight excluding hydrogens is 204 g/mol. The quantitative estimate of drug-likeness (QED) is 0.734. The van der Waals surface area contributed by atoms with Gasteiger partial charge in [-0.05, 0) is 12.3 Å². The molecule has 1 aromatic rings. The lowest BCUT2D eigenvalue weighted by Crippen LogP contribution is -2.30. The number of carbonyl (C=O) groups excluding carboxylic acids is 1. The van der Waals surface area contributed by atoms with Gasteiger partial charge in [0.25, 0.3) is 0 Å². The molecular formula is C11H20N4O. The molecule has 0 aromatic carbocycles. The van der Waals surface area contributed by atoms with Crippen molar-refractivity contribution in [3.8, 4) is 0 Å². The second-order valence-corrected chi connectivity index (χ2v) is 4.29. The molecule has 0 aliphatic carbocycles. The molecule has 0 bridgehead atoms. The monoisotopic (exact) mass is 224 g/mol. The first-order valence-corrected chi connectivity index (χ1v) is 5.74. The average molecular weight is 224 g/mol. The van der Waals surface area contributed by atoms with Crippen molar-refractivity contribution in [1.29, 1.82) is 0 Å². The highest BCUT2D eigenvalue weighted by Crippen LogP contribution is 2.15. The summed E-state index contributed by atoms with van der Waals surface area (Å²) in [6.07, 6.45) is 2.46. The van der Waals surface area contributed by atoms with Gasteiger partial charge in [-0.25, -0.2) is 4.68 Å². The number of ketones is 1. The summed E-state index contributed by atoms with van der Waals surface area (Å²) in [5, 5.41) is 7.70. The zero-order chi connectivity index (χ0) is 12.1. The van der Waals surface area contributed by atoms with Crippen LogP contribution in [0.25, 0.3) is 0 Å². The molecule has 1 unspecified atom stereocenters. The van der Waals surface area contributed by atoms with Gasteiger partial charge in [0.2, 0.25) is 0 Å². The Labute approximate surface area is 96.0 Å². The van der Waals surface area contributed by atoms with E-state index >= 15 is 0 Å². The number of aryl methyl sites for hydroxylation is 1. The van der Waals surface area contributed by atoms with Crippen molar-refractivity contribution in [2.75, 3.05) is 6.54 Å². The van der Waals surface area contributed by atoms with E-state index in [0.717, 1.165) is 13.0 Å². The van der Waals surface area contributed by atoms with Crippen molar-refractivity contribution in [3.63, 3.8) is 0 Å². The number of nitrogens with zero attached hydrogens (tertiary/aromatic N) is 3. The SMILES string of the molecule is CCCn1nncc1C(=O)C(CN)C(C)C. The van der Waals surface area contributed by atoms with Gasteiger partial charge in [-0.1, -0.05) is 26.0 Å². The Morgan fingerprint density at radius 3 is 2.75 bits per heavy atom. The number of rotatable bonds is 6. The largest absolute Gasteiger partial charge is 0.330 e. The maximum atomic E-state index is 12.2. The topological polar surface area (TPSA) is 73.8 Å². The van der Waals surface area contributed by atoms with E-state index in [1.165, 1.54) is 6.20 Å². The number of Topliss-reactive ketones (excluding diaryl/α,β-unsaturated/α-hetero) is 1. The summed E-state index contributed by atoms with van der Waals surface area (Å²) < 4.78 is 1.66. The molecule has 1 atom stereocenters. The number of carbonyl (C=O) groups is 1. The van der Waals surface area contributed by atoms with E-state index in [1.54, 1.807) is 4.68 Å². The molecule has 0 fully saturated rings. The highest BCUT2D eigenvalue weighted by Gasteiger charge is 2.25. The lowest BCUT2D eigenvalue weighted by molar-refractivity contribution is 0.0880. The van der Waals surface area contributed by atoms with Gasteiger partial charge in [0.1, 0.15) is 5.69 Å². The van der Waals surface area contributed by atoms with Crippen LogP contribution in [-0.4, -0.2) is 27.3 Å². The first kappa shape index (κ1) is 12.8. The van der Waals surface area contributed by atoms with Crippen molar-refractivity contribution in [3.05, 3.63) is 11.9 Å². The number of aromatic nitrogens is 3. The Balaban J connectivity index is 2.90. The Bertz CT molecular complexity index is 346. The molecule has 0 radical (unpaired) electrons. The third kappa shape index (κ3) is 2.66.